The van der Waals surface area contributed by atoms with Gasteiger partial charge in [-0.15, -0.1) is 0 Å². The van der Waals surface area contributed by atoms with Crippen molar-refractivity contribution < 1.29 is 19.8 Å². The first-order valence-electron chi connectivity index (χ1n) is 4.46. The first-order valence-corrected chi connectivity index (χ1v) is 4.46. The summed E-state index contributed by atoms with van der Waals surface area (Å²) in [6, 6.07) is 5.00. The van der Waals surface area contributed by atoms with E-state index in [1.165, 1.54) is 6.07 Å². The van der Waals surface area contributed by atoms with Crippen molar-refractivity contribution in [1.82, 2.24) is 0 Å². The second-order valence-electron chi connectivity index (χ2n) is 3.42. The van der Waals surface area contributed by atoms with Gasteiger partial charge in [0.15, 0.2) is 0 Å². The zero-order chi connectivity index (χ0) is 11.6. The number of carboxylic acid groups (broad SMARTS) is 1. The first kappa shape index (κ1) is 11.4. The molecule has 0 aliphatic carbocycles. The van der Waals surface area contributed by atoms with E-state index in [0.717, 1.165) is 5.56 Å². The van der Waals surface area contributed by atoms with Gasteiger partial charge in [-0.2, -0.15) is 0 Å². The van der Waals surface area contributed by atoms with Crippen LogP contribution in [-0.2, 0) is 4.79 Å². The number of aryl methyl sites for hydroxylation is 2. The average Bonchev–Trinajstić information content (AvgIpc) is 2.15. The number of hydrogen-bond acceptors (Lipinski definition) is 3. The van der Waals surface area contributed by atoms with Crippen molar-refractivity contribution in [3.63, 3.8) is 0 Å². The fourth-order valence-electron chi connectivity index (χ4n) is 1.35. The van der Waals surface area contributed by atoms with Gasteiger partial charge in [0, 0.05) is 5.56 Å². The van der Waals surface area contributed by atoms with Crippen LogP contribution in [0.3, 0.4) is 0 Å². The molecule has 0 fully saturated rings. The summed E-state index contributed by atoms with van der Waals surface area (Å²) in [4.78, 5) is 21.9. The molecule has 1 atom stereocenters. The number of Topliss-reactive ketones (excluding diaryl/α,β-unsaturated/α-hetero) is 1. The Labute approximate surface area is 87.2 Å². The lowest BCUT2D eigenvalue weighted by molar-refractivity contribution is -0.143. The highest BCUT2D eigenvalue weighted by Crippen LogP contribution is 2.12. The number of carboxylic acids is 1. The molecule has 0 amide bonds. The van der Waals surface area contributed by atoms with Crippen molar-refractivity contribution in [1.29, 1.82) is 0 Å². The average molecular weight is 208 g/mol. The van der Waals surface area contributed by atoms with E-state index in [1.54, 1.807) is 19.1 Å². The second kappa shape index (κ2) is 4.23. The number of hydrogen-bond donors (Lipinski definition) is 2. The number of aliphatic hydroxyl groups is 1. The highest BCUT2D eigenvalue weighted by atomic mass is 16.4. The maximum absolute atomic E-state index is 11.5. The Hall–Kier alpha value is -1.68. The summed E-state index contributed by atoms with van der Waals surface area (Å²) in [6.07, 6.45) is -1.98. The highest BCUT2D eigenvalue weighted by molar-refractivity contribution is 6.11. The molecule has 2 N–H and O–H groups in total. The van der Waals surface area contributed by atoms with Crippen molar-refractivity contribution in [2.75, 3.05) is 0 Å². The van der Waals surface area contributed by atoms with Gasteiger partial charge in [0.25, 0.3) is 0 Å². The van der Waals surface area contributed by atoms with Gasteiger partial charge >= 0.3 is 5.97 Å². The minimum atomic E-state index is -1.98. The van der Waals surface area contributed by atoms with Gasteiger partial charge in [-0.05, 0) is 19.4 Å². The van der Waals surface area contributed by atoms with E-state index < -0.39 is 17.9 Å². The lowest BCUT2D eigenvalue weighted by atomic mass is 9.99. The van der Waals surface area contributed by atoms with E-state index in [4.69, 9.17) is 10.2 Å². The fourth-order valence-corrected chi connectivity index (χ4v) is 1.35. The van der Waals surface area contributed by atoms with Gasteiger partial charge in [0.2, 0.25) is 11.9 Å². The standard InChI is InChI=1S/C11H12O4/c1-6-3-4-8(7(2)5-6)9(12)10(13)11(14)15/h3-5,10,13H,1-2H3,(H,14,15). The predicted molar refractivity (Wildman–Crippen MR) is 53.9 cm³/mol. The van der Waals surface area contributed by atoms with Crippen LogP contribution < -0.4 is 0 Å². The molecule has 0 aliphatic rings. The van der Waals surface area contributed by atoms with Crippen molar-refractivity contribution >= 4 is 11.8 Å². The minimum absolute atomic E-state index is 0.246. The third-order valence-corrected chi connectivity index (χ3v) is 2.13. The fraction of sp³-hybridized carbons (Fsp3) is 0.273. The summed E-state index contributed by atoms with van der Waals surface area (Å²) < 4.78 is 0. The van der Waals surface area contributed by atoms with Gasteiger partial charge in [0.1, 0.15) is 0 Å². The van der Waals surface area contributed by atoms with Crippen LogP contribution in [0, 0.1) is 13.8 Å². The largest absolute Gasteiger partial charge is 0.479 e. The van der Waals surface area contributed by atoms with E-state index in [0.29, 0.717) is 5.56 Å². The van der Waals surface area contributed by atoms with Gasteiger partial charge < -0.3 is 10.2 Å². The molecule has 0 spiro atoms. The molecule has 0 aliphatic heterocycles. The molecule has 0 radical (unpaired) electrons. The van der Waals surface area contributed by atoms with Crippen LogP contribution in [0.2, 0.25) is 0 Å². The van der Waals surface area contributed by atoms with Gasteiger partial charge in [-0.1, -0.05) is 23.8 Å². The molecule has 1 unspecified atom stereocenters. The first-order chi connectivity index (χ1) is 6.93. The molecular weight excluding hydrogens is 196 g/mol. The summed E-state index contributed by atoms with van der Waals surface area (Å²) in [5.41, 5.74) is 1.89. The van der Waals surface area contributed by atoms with Gasteiger partial charge in [-0.3, -0.25) is 4.79 Å². The Morgan fingerprint density at radius 2 is 1.87 bits per heavy atom. The molecule has 1 aromatic rings. The maximum atomic E-state index is 11.5. The Morgan fingerprint density at radius 1 is 1.27 bits per heavy atom. The molecule has 0 bridgehead atoms. The Balaban J connectivity index is 3.07. The Morgan fingerprint density at radius 3 is 2.33 bits per heavy atom. The number of rotatable bonds is 3. The summed E-state index contributed by atoms with van der Waals surface area (Å²) in [6.45, 7) is 3.57. The summed E-state index contributed by atoms with van der Waals surface area (Å²) >= 11 is 0. The minimum Gasteiger partial charge on any atom is -0.479 e. The Kier molecular flexibility index (Phi) is 3.21. The number of ketones is 1. The summed E-state index contributed by atoms with van der Waals surface area (Å²) in [5, 5.41) is 17.6. The lowest BCUT2D eigenvalue weighted by Gasteiger charge is -2.08. The van der Waals surface area contributed by atoms with Crippen LogP contribution in [0.15, 0.2) is 18.2 Å². The highest BCUT2D eigenvalue weighted by Gasteiger charge is 2.25. The van der Waals surface area contributed by atoms with Gasteiger partial charge in [-0.25, -0.2) is 4.79 Å². The van der Waals surface area contributed by atoms with Crippen LogP contribution in [-0.4, -0.2) is 28.1 Å². The van der Waals surface area contributed by atoms with Crippen molar-refractivity contribution in [3.8, 4) is 0 Å². The molecule has 0 saturated carbocycles. The van der Waals surface area contributed by atoms with E-state index in [-0.39, 0.29) is 5.56 Å². The van der Waals surface area contributed by atoms with Crippen molar-refractivity contribution in [3.05, 3.63) is 34.9 Å². The predicted octanol–water partition coefficient (Wildman–Crippen LogP) is 0.932. The van der Waals surface area contributed by atoms with Crippen LogP contribution in [0.25, 0.3) is 0 Å². The van der Waals surface area contributed by atoms with Crippen LogP contribution >= 0.6 is 0 Å². The molecule has 0 heterocycles. The zero-order valence-corrected chi connectivity index (χ0v) is 8.52. The number of carbonyl (C=O) groups excluding carboxylic acids is 1. The van der Waals surface area contributed by atoms with E-state index in [9.17, 15) is 9.59 Å². The topological polar surface area (TPSA) is 74.6 Å². The van der Waals surface area contributed by atoms with E-state index >= 15 is 0 Å². The Bertz CT molecular complexity index is 409. The van der Waals surface area contributed by atoms with E-state index in [2.05, 4.69) is 0 Å². The number of carbonyl (C=O) groups is 2. The smallest absolute Gasteiger partial charge is 0.340 e. The van der Waals surface area contributed by atoms with Crippen LogP contribution in [0.4, 0.5) is 0 Å². The monoisotopic (exact) mass is 208 g/mol. The number of benzene rings is 1. The zero-order valence-electron chi connectivity index (χ0n) is 8.52. The second-order valence-corrected chi connectivity index (χ2v) is 3.42. The SMILES string of the molecule is Cc1ccc(C(=O)C(O)C(=O)O)c(C)c1. The summed E-state index contributed by atoms with van der Waals surface area (Å²) in [7, 11) is 0. The molecule has 4 heteroatoms. The molecule has 80 valence electrons. The normalized spacial score (nSPS) is 12.2. The quantitative estimate of drug-likeness (QED) is 0.572. The van der Waals surface area contributed by atoms with Crippen LogP contribution in [0.1, 0.15) is 21.5 Å². The molecule has 15 heavy (non-hydrogen) atoms. The van der Waals surface area contributed by atoms with E-state index in [1.807, 2.05) is 6.92 Å². The molecular formula is C11H12O4. The molecule has 0 aromatic heterocycles. The molecule has 0 saturated heterocycles. The maximum Gasteiger partial charge on any atom is 0.340 e. The summed E-state index contributed by atoms with van der Waals surface area (Å²) in [5.74, 6) is -2.31. The number of aliphatic carboxylic acids is 1. The van der Waals surface area contributed by atoms with Crippen LogP contribution in [0.5, 0.6) is 0 Å². The molecule has 1 aromatic carbocycles. The van der Waals surface area contributed by atoms with Crippen molar-refractivity contribution in [2.45, 2.75) is 20.0 Å². The van der Waals surface area contributed by atoms with Crippen molar-refractivity contribution in [2.24, 2.45) is 0 Å². The third-order valence-electron chi connectivity index (χ3n) is 2.13. The third kappa shape index (κ3) is 2.41. The molecule has 4 nitrogen and oxygen atoms in total. The molecule has 1 rings (SSSR count). The van der Waals surface area contributed by atoms with Gasteiger partial charge in [0.05, 0.1) is 0 Å². The lowest BCUT2D eigenvalue weighted by Crippen LogP contribution is -2.30. The number of aliphatic hydroxyl groups excluding tert-OH is 1.